The Kier molecular flexibility index (Phi) is 8.52. The molecule has 0 radical (unpaired) electrons. The fraction of sp³-hybridized carbons (Fsp3) is 0.579. The Bertz CT molecular complexity index is 711. The van der Waals surface area contributed by atoms with E-state index < -0.39 is 5.90 Å². The van der Waals surface area contributed by atoms with E-state index in [0.29, 0.717) is 18.2 Å². The fourth-order valence-electron chi connectivity index (χ4n) is 3.15. The second-order valence-electron chi connectivity index (χ2n) is 6.46. The first-order valence-corrected chi connectivity index (χ1v) is 10.2. The molecule has 7 heteroatoms. The summed E-state index contributed by atoms with van der Waals surface area (Å²) in [6.07, 6.45) is 5.19. The van der Waals surface area contributed by atoms with E-state index in [1.54, 1.807) is 0 Å². The lowest BCUT2D eigenvalue weighted by Crippen LogP contribution is -2.27. The second-order valence-corrected chi connectivity index (χ2v) is 7.22. The molecule has 0 aliphatic heterocycles. The number of unbranched alkanes of at least 4 members (excludes halogenated alkanes) is 3. The van der Waals surface area contributed by atoms with Gasteiger partial charge in [0, 0.05) is 44.0 Å². The molecular weight excluding hydrogens is 371 g/mol. The third-order valence-corrected chi connectivity index (χ3v) is 4.92. The summed E-state index contributed by atoms with van der Waals surface area (Å²) < 4.78 is 2.15. The Labute approximate surface area is 165 Å². The van der Waals surface area contributed by atoms with Crippen molar-refractivity contribution >= 4 is 45.8 Å². The quantitative estimate of drug-likeness (QED) is 0.257. The minimum Gasteiger partial charge on any atom is -0.862 e. The largest absolute Gasteiger partial charge is 0.862 e. The monoisotopic (exact) mass is 397 g/mol. The van der Waals surface area contributed by atoms with Gasteiger partial charge in [-0.2, -0.15) is 0 Å². The molecule has 1 N–H and O–H groups in total. The van der Waals surface area contributed by atoms with Crippen LogP contribution in [-0.2, 0) is 13.5 Å². The van der Waals surface area contributed by atoms with Gasteiger partial charge in [0.2, 0.25) is 0 Å². The zero-order valence-electron chi connectivity index (χ0n) is 15.3. The number of imidazole rings is 1. The van der Waals surface area contributed by atoms with Crippen LogP contribution in [0.5, 0.6) is 0 Å². The molecule has 0 aliphatic carbocycles. The zero-order valence-corrected chi connectivity index (χ0v) is 16.8. The Morgan fingerprint density at radius 2 is 1.85 bits per heavy atom. The number of benzene rings is 1. The molecule has 0 bridgehead atoms. The zero-order chi connectivity index (χ0) is 18.9. The van der Waals surface area contributed by atoms with E-state index >= 15 is 0 Å². The molecule has 144 valence electrons. The molecule has 5 nitrogen and oxygen atoms in total. The molecule has 2 rings (SSSR count). The molecule has 2 aromatic rings. The van der Waals surface area contributed by atoms with Gasteiger partial charge in [-0.05, 0) is 43.4 Å². The predicted octanol–water partition coefficient (Wildman–Crippen LogP) is 3.69. The van der Waals surface area contributed by atoms with Gasteiger partial charge in [-0.3, -0.25) is 0 Å². The van der Waals surface area contributed by atoms with Crippen LogP contribution in [0.3, 0.4) is 0 Å². The number of aromatic nitrogens is 2. The summed E-state index contributed by atoms with van der Waals surface area (Å²) in [6, 6.07) is 6.32. The van der Waals surface area contributed by atoms with Crippen molar-refractivity contribution in [2.45, 2.75) is 38.5 Å². The molecule has 0 spiro atoms. The molecule has 1 aromatic carbocycles. The van der Waals surface area contributed by atoms with Crippen LogP contribution in [0.1, 0.15) is 37.9 Å². The van der Waals surface area contributed by atoms with Gasteiger partial charge in [-0.1, -0.05) is 12.8 Å². The van der Waals surface area contributed by atoms with Crippen LogP contribution in [0, 0.1) is 5.41 Å². The Morgan fingerprint density at radius 3 is 2.50 bits per heavy atom. The summed E-state index contributed by atoms with van der Waals surface area (Å²) in [5.41, 5.74) is 3.22. The van der Waals surface area contributed by atoms with E-state index in [-0.39, 0.29) is 0 Å². The molecule has 0 fully saturated rings. The lowest BCUT2D eigenvalue weighted by molar-refractivity contribution is -0.220. The van der Waals surface area contributed by atoms with Gasteiger partial charge in [-0.25, -0.2) is 4.98 Å². The number of fused-ring (bicyclic) bond motifs is 1. The highest BCUT2D eigenvalue weighted by Crippen LogP contribution is 2.23. The predicted molar refractivity (Wildman–Crippen MR) is 109 cm³/mol. The van der Waals surface area contributed by atoms with Crippen molar-refractivity contribution in [3.63, 3.8) is 0 Å². The van der Waals surface area contributed by atoms with E-state index in [1.165, 1.54) is 0 Å². The summed E-state index contributed by atoms with van der Waals surface area (Å²) >= 11 is 11.8. The van der Waals surface area contributed by atoms with E-state index in [0.717, 1.165) is 67.7 Å². The Balaban J connectivity index is 2.01. The number of anilines is 1. The van der Waals surface area contributed by atoms with Gasteiger partial charge in [0.1, 0.15) is 5.82 Å². The molecule has 0 aliphatic rings. The smallest absolute Gasteiger partial charge is 0.109 e. The number of hydrogen-bond donors (Lipinski definition) is 1. The number of rotatable bonds is 12. The highest BCUT2D eigenvalue weighted by atomic mass is 35.5. The van der Waals surface area contributed by atoms with Crippen molar-refractivity contribution in [1.82, 2.24) is 9.55 Å². The third kappa shape index (κ3) is 5.78. The van der Waals surface area contributed by atoms with Crippen LogP contribution >= 0.6 is 23.2 Å². The molecule has 0 unspecified atom stereocenters. The van der Waals surface area contributed by atoms with E-state index in [4.69, 9.17) is 33.6 Å². The van der Waals surface area contributed by atoms with Crippen LogP contribution in [0.15, 0.2) is 18.2 Å². The first-order chi connectivity index (χ1) is 12.6. The summed E-state index contributed by atoms with van der Waals surface area (Å²) in [5, 5.41) is 17.5. The van der Waals surface area contributed by atoms with E-state index in [9.17, 15) is 5.11 Å². The Hall–Kier alpha value is -1.46. The molecular formula is C19H27Cl2N4O-. The van der Waals surface area contributed by atoms with E-state index in [1.807, 2.05) is 0 Å². The van der Waals surface area contributed by atoms with Crippen LogP contribution in [0.4, 0.5) is 5.69 Å². The number of nitrogens with zero attached hydrogens (tertiary/aromatic N) is 3. The van der Waals surface area contributed by atoms with Gasteiger partial charge in [0.05, 0.1) is 11.0 Å². The average molecular weight is 398 g/mol. The second kappa shape index (κ2) is 10.6. The van der Waals surface area contributed by atoms with Gasteiger partial charge in [0.15, 0.2) is 0 Å². The van der Waals surface area contributed by atoms with Gasteiger partial charge in [0.25, 0.3) is 0 Å². The van der Waals surface area contributed by atoms with Crippen LogP contribution in [-0.4, -0.2) is 40.3 Å². The van der Waals surface area contributed by atoms with E-state index in [2.05, 4.69) is 34.7 Å². The van der Waals surface area contributed by atoms with Crippen molar-refractivity contribution in [2.75, 3.05) is 29.7 Å². The van der Waals surface area contributed by atoms with Crippen molar-refractivity contribution in [1.29, 1.82) is 5.41 Å². The number of aryl methyl sites for hydroxylation is 2. The van der Waals surface area contributed by atoms with Gasteiger partial charge in [-0.15, -0.1) is 23.2 Å². The van der Waals surface area contributed by atoms with Crippen LogP contribution in [0.2, 0.25) is 0 Å². The molecule has 1 heterocycles. The first-order valence-electron chi connectivity index (χ1n) is 9.13. The molecule has 0 amide bonds. The summed E-state index contributed by atoms with van der Waals surface area (Å²) in [6.45, 7) is 1.53. The maximum atomic E-state index is 10.6. The molecule has 0 saturated heterocycles. The SMILES string of the molecule is Cn1c(CCCCCCC(=N)[O-])nc2cc(N(CCCl)CCCl)ccc21. The average Bonchev–Trinajstić information content (AvgIpc) is 2.93. The number of alkyl halides is 2. The standard InChI is InChI=1S/C19H28Cl2N4O/c1-24-17-9-8-15(25(12-10-20)13-11-21)14-16(17)23-19(24)7-5-3-2-4-6-18(22)26/h8-9,14H,2-7,10-13H2,1H3,(H2,22,26)/p-1. The third-order valence-electron chi connectivity index (χ3n) is 4.59. The van der Waals surface area contributed by atoms with Gasteiger partial charge < -0.3 is 20.0 Å². The van der Waals surface area contributed by atoms with Crippen molar-refractivity contribution < 1.29 is 5.11 Å². The minimum atomic E-state index is -0.464. The number of nitrogens with one attached hydrogen (secondary N) is 1. The number of halogens is 2. The fourth-order valence-corrected chi connectivity index (χ4v) is 3.56. The summed E-state index contributed by atoms with van der Waals surface area (Å²) in [4.78, 5) is 6.99. The normalized spacial score (nSPS) is 11.2. The molecule has 0 saturated carbocycles. The topological polar surface area (TPSA) is 68.0 Å². The highest BCUT2D eigenvalue weighted by Gasteiger charge is 2.11. The Morgan fingerprint density at radius 1 is 1.15 bits per heavy atom. The minimum absolute atomic E-state index is 0.371. The molecule has 1 aromatic heterocycles. The lowest BCUT2D eigenvalue weighted by Gasteiger charge is -2.22. The number of hydrogen-bond acceptors (Lipinski definition) is 4. The maximum absolute atomic E-state index is 10.6. The lowest BCUT2D eigenvalue weighted by atomic mass is 10.1. The van der Waals surface area contributed by atoms with Gasteiger partial charge >= 0.3 is 0 Å². The molecule has 26 heavy (non-hydrogen) atoms. The summed E-state index contributed by atoms with van der Waals surface area (Å²) in [7, 11) is 2.05. The van der Waals surface area contributed by atoms with Crippen LogP contribution < -0.4 is 10.0 Å². The molecule has 0 atom stereocenters. The highest BCUT2D eigenvalue weighted by molar-refractivity contribution is 6.18. The van der Waals surface area contributed by atoms with Crippen LogP contribution in [0.25, 0.3) is 11.0 Å². The van der Waals surface area contributed by atoms with Crippen molar-refractivity contribution in [3.8, 4) is 0 Å². The first kappa shape index (κ1) is 20.8. The maximum Gasteiger partial charge on any atom is 0.109 e. The summed E-state index contributed by atoms with van der Waals surface area (Å²) in [5.74, 6) is 1.74. The van der Waals surface area contributed by atoms with Crippen molar-refractivity contribution in [2.24, 2.45) is 7.05 Å². The van der Waals surface area contributed by atoms with Crippen molar-refractivity contribution in [3.05, 3.63) is 24.0 Å².